The van der Waals surface area contributed by atoms with Gasteiger partial charge in [0.05, 0.1) is 0 Å². The second kappa shape index (κ2) is 5.50. The number of amides is 1. The van der Waals surface area contributed by atoms with Crippen molar-refractivity contribution in [3.63, 3.8) is 0 Å². The maximum atomic E-state index is 9.49. The SMILES string of the molecule is C=Cc1ccnc2c(O)cccc12.NC=O. The Morgan fingerprint density at radius 1 is 1.38 bits per heavy atom. The van der Waals surface area contributed by atoms with E-state index in [0.29, 0.717) is 5.52 Å². The van der Waals surface area contributed by atoms with E-state index in [9.17, 15) is 5.11 Å². The number of phenolic OH excluding ortho intramolecular Hbond substituents is 1. The lowest BCUT2D eigenvalue weighted by Gasteiger charge is -2.01. The van der Waals surface area contributed by atoms with Gasteiger partial charge in [0.1, 0.15) is 11.3 Å². The summed E-state index contributed by atoms with van der Waals surface area (Å²) in [6.07, 6.45) is 3.67. The Labute approximate surface area is 93.0 Å². The van der Waals surface area contributed by atoms with Gasteiger partial charge in [0, 0.05) is 11.6 Å². The lowest BCUT2D eigenvalue weighted by Crippen LogP contribution is -1.82. The molecule has 1 aromatic carbocycles. The highest BCUT2D eigenvalue weighted by atomic mass is 16.3. The number of carbonyl (C=O) groups is 1. The Bertz CT molecular complexity index is 509. The zero-order chi connectivity index (χ0) is 12.0. The summed E-state index contributed by atoms with van der Waals surface area (Å²) < 4.78 is 0. The van der Waals surface area contributed by atoms with Crippen molar-refractivity contribution < 1.29 is 9.90 Å². The molecular weight excluding hydrogens is 204 g/mol. The molecule has 1 amide bonds. The number of phenols is 1. The highest BCUT2D eigenvalue weighted by molar-refractivity contribution is 5.91. The van der Waals surface area contributed by atoms with Gasteiger partial charge in [-0.1, -0.05) is 24.8 Å². The summed E-state index contributed by atoms with van der Waals surface area (Å²) in [5.41, 5.74) is 5.78. The third-order valence-corrected chi connectivity index (χ3v) is 2.00. The summed E-state index contributed by atoms with van der Waals surface area (Å²) in [4.78, 5) is 12.7. The van der Waals surface area contributed by atoms with Gasteiger partial charge >= 0.3 is 0 Å². The molecule has 0 saturated heterocycles. The van der Waals surface area contributed by atoms with Crippen molar-refractivity contribution in [1.82, 2.24) is 4.98 Å². The van der Waals surface area contributed by atoms with Crippen LogP contribution in [0, 0.1) is 0 Å². The van der Waals surface area contributed by atoms with Crippen LogP contribution < -0.4 is 5.73 Å². The molecule has 1 aromatic heterocycles. The number of benzene rings is 1. The minimum Gasteiger partial charge on any atom is -0.506 e. The minimum absolute atomic E-state index is 0.209. The fourth-order valence-corrected chi connectivity index (χ4v) is 1.36. The number of fused-ring (bicyclic) bond motifs is 1. The Balaban J connectivity index is 0.000000386. The monoisotopic (exact) mass is 216 g/mol. The van der Waals surface area contributed by atoms with Crippen LogP contribution in [0.1, 0.15) is 5.56 Å². The van der Waals surface area contributed by atoms with Gasteiger partial charge in [-0.2, -0.15) is 0 Å². The molecule has 0 radical (unpaired) electrons. The predicted molar refractivity (Wildman–Crippen MR) is 63.8 cm³/mol. The van der Waals surface area contributed by atoms with E-state index in [-0.39, 0.29) is 12.2 Å². The number of pyridine rings is 1. The summed E-state index contributed by atoms with van der Waals surface area (Å²) in [7, 11) is 0. The first-order valence-electron chi connectivity index (χ1n) is 4.59. The van der Waals surface area contributed by atoms with Gasteiger partial charge in [-0.3, -0.25) is 9.78 Å². The smallest absolute Gasteiger partial charge is 0.204 e. The number of aromatic hydroxyl groups is 1. The predicted octanol–water partition coefficient (Wildman–Crippen LogP) is 1.68. The number of rotatable bonds is 1. The van der Waals surface area contributed by atoms with E-state index in [1.165, 1.54) is 0 Å². The first-order valence-corrected chi connectivity index (χ1v) is 4.59. The second-order valence-corrected chi connectivity index (χ2v) is 2.91. The van der Waals surface area contributed by atoms with Crippen molar-refractivity contribution in [2.75, 3.05) is 0 Å². The third-order valence-electron chi connectivity index (χ3n) is 2.00. The van der Waals surface area contributed by atoms with Gasteiger partial charge in [0.25, 0.3) is 0 Å². The van der Waals surface area contributed by atoms with E-state index in [1.54, 1.807) is 24.4 Å². The summed E-state index contributed by atoms with van der Waals surface area (Å²) in [5.74, 6) is 0.209. The molecule has 1 heterocycles. The summed E-state index contributed by atoms with van der Waals surface area (Å²) >= 11 is 0. The van der Waals surface area contributed by atoms with Crippen molar-refractivity contribution in [2.45, 2.75) is 0 Å². The molecule has 0 unspecified atom stereocenters. The van der Waals surface area contributed by atoms with Crippen LogP contribution >= 0.6 is 0 Å². The molecule has 16 heavy (non-hydrogen) atoms. The highest BCUT2D eigenvalue weighted by Crippen LogP contribution is 2.24. The van der Waals surface area contributed by atoms with Gasteiger partial charge in [-0.25, -0.2) is 0 Å². The topological polar surface area (TPSA) is 76.2 Å². The van der Waals surface area contributed by atoms with E-state index < -0.39 is 0 Å². The van der Waals surface area contributed by atoms with Crippen LogP contribution in [0.25, 0.3) is 17.0 Å². The van der Waals surface area contributed by atoms with Crippen LogP contribution in [0.3, 0.4) is 0 Å². The largest absolute Gasteiger partial charge is 0.506 e. The number of nitrogens with zero attached hydrogens (tertiary/aromatic N) is 1. The van der Waals surface area contributed by atoms with E-state index >= 15 is 0 Å². The number of para-hydroxylation sites is 1. The van der Waals surface area contributed by atoms with Crippen LogP contribution in [-0.2, 0) is 4.79 Å². The molecular formula is C12H12N2O2. The molecule has 0 fully saturated rings. The quantitative estimate of drug-likeness (QED) is 0.712. The standard InChI is InChI=1S/C11H9NO.CH3NO/c1-2-8-6-7-12-11-9(8)4-3-5-10(11)13;2-1-3/h2-7,13H,1H2;1H,(H2,2,3). The van der Waals surface area contributed by atoms with Crippen molar-refractivity contribution in [3.8, 4) is 5.75 Å². The zero-order valence-corrected chi connectivity index (χ0v) is 8.63. The van der Waals surface area contributed by atoms with Crippen LogP contribution in [0.15, 0.2) is 37.0 Å². The van der Waals surface area contributed by atoms with Crippen LogP contribution in [0.4, 0.5) is 0 Å². The molecule has 2 aromatic rings. The van der Waals surface area contributed by atoms with Crippen molar-refractivity contribution >= 4 is 23.4 Å². The second-order valence-electron chi connectivity index (χ2n) is 2.91. The van der Waals surface area contributed by atoms with Gasteiger partial charge in [0.15, 0.2) is 0 Å². The molecule has 4 nitrogen and oxygen atoms in total. The lowest BCUT2D eigenvalue weighted by molar-refractivity contribution is -0.106. The van der Waals surface area contributed by atoms with E-state index in [4.69, 9.17) is 4.79 Å². The highest BCUT2D eigenvalue weighted by Gasteiger charge is 2.01. The Kier molecular flexibility index (Phi) is 4.03. The first-order chi connectivity index (χ1) is 7.74. The van der Waals surface area contributed by atoms with E-state index in [0.717, 1.165) is 10.9 Å². The van der Waals surface area contributed by atoms with Crippen molar-refractivity contribution in [3.05, 3.63) is 42.6 Å². The molecule has 0 aliphatic carbocycles. The fourth-order valence-electron chi connectivity index (χ4n) is 1.36. The van der Waals surface area contributed by atoms with Gasteiger partial charge < -0.3 is 10.8 Å². The van der Waals surface area contributed by atoms with Crippen molar-refractivity contribution in [2.24, 2.45) is 5.73 Å². The molecule has 0 atom stereocenters. The molecule has 3 N–H and O–H groups in total. The van der Waals surface area contributed by atoms with Gasteiger partial charge in [-0.05, 0) is 17.7 Å². The first kappa shape index (κ1) is 11.7. The summed E-state index contributed by atoms with van der Waals surface area (Å²) in [6.45, 7) is 3.70. The Morgan fingerprint density at radius 3 is 2.69 bits per heavy atom. The van der Waals surface area contributed by atoms with Gasteiger partial charge in [0.2, 0.25) is 6.41 Å². The number of hydrogen-bond donors (Lipinski definition) is 2. The average Bonchev–Trinajstić information content (AvgIpc) is 2.30. The molecule has 0 bridgehead atoms. The number of hydrogen-bond acceptors (Lipinski definition) is 3. The Morgan fingerprint density at radius 2 is 2.06 bits per heavy atom. The normalized spacial score (nSPS) is 9.00. The number of carbonyl (C=O) groups excluding carboxylic acids is 1. The summed E-state index contributed by atoms with van der Waals surface area (Å²) in [6, 6.07) is 7.21. The molecule has 0 aliphatic rings. The minimum atomic E-state index is 0.209. The van der Waals surface area contributed by atoms with E-state index in [2.05, 4.69) is 17.3 Å². The molecule has 4 heteroatoms. The maximum Gasteiger partial charge on any atom is 0.204 e. The average molecular weight is 216 g/mol. The van der Waals surface area contributed by atoms with Gasteiger partial charge in [-0.15, -0.1) is 0 Å². The maximum absolute atomic E-state index is 9.49. The summed E-state index contributed by atoms with van der Waals surface area (Å²) in [5, 5.41) is 10.4. The van der Waals surface area contributed by atoms with Crippen LogP contribution in [0.5, 0.6) is 5.75 Å². The number of primary amides is 1. The molecule has 0 aliphatic heterocycles. The lowest BCUT2D eigenvalue weighted by atomic mass is 10.1. The third kappa shape index (κ3) is 2.36. The zero-order valence-electron chi connectivity index (χ0n) is 8.63. The number of nitrogens with two attached hydrogens (primary N) is 1. The fraction of sp³-hybridized carbons (Fsp3) is 0. The number of aromatic nitrogens is 1. The van der Waals surface area contributed by atoms with Crippen molar-refractivity contribution in [1.29, 1.82) is 0 Å². The van der Waals surface area contributed by atoms with E-state index in [1.807, 2.05) is 12.1 Å². The van der Waals surface area contributed by atoms with Crippen LogP contribution in [0.2, 0.25) is 0 Å². The Hall–Kier alpha value is -2.36. The van der Waals surface area contributed by atoms with Crippen LogP contribution in [-0.4, -0.2) is 16.5 Å². The molecule has 0 spiro atoms. The molecule has 0 saturated carbocycles. The molecule has 2 rings (SSSR count). The molecule has 82 valence electrons.